The van der Waals surface area contributed by atoms with E-state index in [0.717, 1.165) is 17.4 Å². The largest absolute Gasteiger partial charge is 0.489 e. The lowest BCUT2D eigenvalue weighted by Gasteiger charge is -2.15. The van der Waals surface area contributed by atoms with Gasteiger partial charge in [0.25, 0.3) is 5.91 Å². The van der Waals surface area contributed by atoms with Gasteiger partial charge in [-0.05, 0) is 24.6 Å². The first-order valence-corrected chi connectivity index (χ1v) is 7.22. The smallest absolute Gasteiger partial charge is 0.254 e. The lowest BCUT2D eigenvalue weighted by atomic mass is 9.87. The van der Waals surface area contributed by atoms with Crippen molar-refractivity contribution in [3.05, 3.63) is 64.7 Å². The molecule has 1 aliphatic heterocycles. The van der Waals surface area contributed by atoms with Gasteiger partial charge < -0.3 is 10.1 Å². The number of hydrogen-bond donors (Lipinski definition) is 1. The first kappa shape index (κ1) is 14.3. The molecule has 0 aromatic heterocycles. The number of aldehydes is 1. The maximum atomic E-state index is 12.1. The van der Waals surface area contributed by atoms with Gasteiger partial charge in [-0.3, -0.25) is 9.59 Å². The minimum atomic E-state index is -0.249. The van der Waals surface area contributed by atoms with Gasteiger partial charge in [0.2, 0.25) is 0 Å². The Balaban J connectivity index is 2.19. The summed E-state index contributed by atoms with van der Waals surface area (Å²) in [5.41, 5.74) is 2.89. The van der Waals surface area contributed by atoms with Gasteiger partial charge in [-0.1, -0.05) is 30.3 Å². The maximum absolute atomic E-state index is 12.1. The van der Waals surface area contributed by atoms with E-state index in [9.17, 15) is 9.59 Å². The number of benzene rings is 2. The van der Waals surface area contributed by atoms with Crippen LogP contribution in [0.3, 0.4) is 0 Å². The summed E-state index contributed by atoms with van der Waals surface area (Å²) in [6, 6.07) is 13.4. The van der Waals surface area contributed by atoms with Crippen LogP contribution in [-0.4, -0.2) is 25.3 Å². The highest BCUT2D eigenvalue weighted by Crippen LogP contribution is 2.44. The third kappa shape index (κ3) is 2.26. The molecule has 1 N–H and O–H groups in total. The number of nitrogens with one attached hydrogen (secondary N) is 1. The highest BCUT2D eigenvalue weighted by Gasteiger charge is 2.35. The van der Waals surface area contributed by atoms with E-state index in [1.54, 1.807) is 13.1 Å². The molecule has 0 radical (unpaired) electrons. The second kappa shape index (κ2) is 5.64. The average molecular weight is 295 g/mol. The van der Waals surface area contributed by atoms with E-state index in [1.807, 2.05) is 43.3 Å². The molecule has 4 heteroatoms. The summed E-state index contributed by atoms with van der Waals surface area (Å²) >= 11 is 0. The molecule has 1 aliphatic rings. The van der Waals surface area contributed by atoms with Crippen LogP contribution in [0.5, 0.6) is 5.75 Å². The molecule has 1 amide bonds. The van der Waals surface area contributed by atoms with Crippen molar-refractivity contribution in [3.8, 4) is 5.75 Å². The Morgan fingerprint density at radius 3 is 2.59 bits per heavy atom. The van der Waals surface area contributed by atoms with E-state index < -0.39 is 0 Å². The van der Waals surface area contributed by atoms with Gasteiger partial charge >= 0.3 is 0 Å². The topological polar surface area (TPSA) is 55.4 Å². The monoisotopic (exact) mass is 295 g/mol. The van der Waals surface area contributed by atoms with E-state index in [0.29, 0.717) is 16.9 Å². The van der Waals surface area contributed by atoms with Gasteiger partial charge in [-0.2, -0.15) is 0 Å². The van der Waals surface area contributed by atoms with Gasteiger partial charge in [0.05, 0.1) is 5.56 Å². The number of hydrogen-bond acceptors (Lipinski definition) is 3. The second-order valence-corrected chi connectivity index (χ2v) is 5.40. The molecule has 112 valence electrons. The van der Waals surface area contributed by atoms with Gasteiger partial charge in [-0.15, -0.1) is 0 Å². The van der Waals surface area contributed by atoms with Crippen LogP contribution in [0.15, 0.2) is 42.5 Å². The first-order chi connectivity index (χ1) is 10.7. The minimum absolute atomic E-state index is 0.0134. The van der Waals surface area contributed by atoms with Crippen molar-refractivity contribution in [2.45, 2.75) is 18.9 Å². The molecule has 4 nitrogen and oxygen atoms in total. The van der Waals surface area contributed by atoms with Crippen LogP contribution >= 0.6 is 0 Å². The molecular weight excluding hydrogens is 278 g/mol. The zero-order chi connectivity index (χ0) is 15.7. The van der Waals surface area contributed by atoms with Crippen molar-refractivity contribution in [1.29, 1.82) is 0 Å². The van der Waals surface area contributed by atoms with Crippen molar-refractivity contribution in [3.63, 3.8) is 0 Å². The number of rotatable bonds is 3. The van der Waals surface area contributed by atoms with Crippen LogP contribution < -0.4 is 10.1 Å². The average Bonchev–Trinajstić information content (AvgIpc) is 2.89. The molecule has 22 heavy (non-hydrogen) atoms. The zero-order valence-electron chi connectivity index (χ0n) is 12.5. The third-order valence-corrected chi connectivity index (χ3v) is 4.01. The number of carbonyl (C=O) groups excluding carboxylic acids is 2. The molecule has 0 saturated heterocycles. The minimum Gasteiger partial charge on any atom is -0.489 e. The normalized spacial score (nSPS) is 19.2. The SMILES string of the molecule is CNC(=O)c1cc(C=O)cc2c1O[C@@H](C)C2c1ccccc1. The molecule has 2 aromatic rings. The molecule has 2 aromatic carbocycles. The molecule has 0 spiro atoms. The maximum Gasteiger partial charge on any atom is 0.254 e. The van der Waals surface area contributed by atoms with Gasteiger partial charge in [0, 0.05) is 24.1 Å². The lowest BCUT2D eigenvalue weighted by Crippen LogP contribution is -2.19. The fourth-order valence-electron chi connectivity index (χ4n) is 3.03. The summed E-state index contributed by atoms with van der Waals surface area (Å²) in [6.07, 6.45) is 0.667. The first-order valence-electron chi connectivity index (χ1n) is 7.22. The Morgan fingerprint density at radius 1 is 1.23 bits per heavy atom. The van der Waals surface area contributed by atoms with Crippen molar-refractivity contribution in [2.75, 3.05) is 7.05 Å². The van der Waals surface area contributed by atoms with Crippen LogP contribution in [0.25, 0.3) is 0 Å². The number of fused-ring (bicyclic) bond motifs is 1. The zero-order valence-corrected chi connectivity index (χ0v) is 12.5. The fraction of sp³-hybridized carbons (Fsp3) is 0.222. The Kier molecular flexibility index (Phi) is 3.67. The number of amides is 1. The number of ether oxygens (including phenoxy) is 1. The third-order valence-electron chi connectivity index (χ3n) is 4.01. The Bertz CT molecular complexity index is 725. The molecule has 0 fully saturated rings. The fourth-order valence-corrected chi connectivity index (χ4v) is 3.03. The summed E-state index contributed by atoms with van der Waals surface area (Å²) in [5, 5.41) is 2.60. The van der Waals surface area contributed by atoms with Crippen LogP contribution in [0.2, 0.25) is 0 Å². The van der Waals surface area contributed by atoms with Crippen molar-refractivity contribution in [2.24, 2.45) is 0 Å². The predicted octanol–water partition coefficient (Wildman–Crippen LogP) is 2.77. The summed E-state index contributed by atoms with van der Waals surface area (Å²) in [7, 11) is 1.56. The van der Waals surface area contributed by atoms with Crippen LogP contribution in [0.4, 0.5) is 0 Å². The predicted molar refractivity (Wildman–Crippen MR) is 83.6 cm³/mol. The van der Waals surface area contributed by atoms with E-state index in [1.165, 1.54) is 0 Å². The summed E-state index contributed by atoms with van der Waals surface area (Å²) in [6.45, 7) is 1.98. The quantitative estimate of drug-likeness (QED) is 0.886. The lowest BCUT2D eigenvalue weighted by molar-refractivity contribution is 0.0958. The van der Waals surface area contributed by atoms with Gasteiger partial charge in [-0.25, -0.2) is 0 Å². The van der Waals surface area contributed by atoms with Crippen LogP contribution in [-0.2, 0) is 0 Å². The van der Waals surface area contributed by atoms with E-state index >= 15 is 0 Å². The highest BCUT2D eigenvalue weighted by atomic mass is 16.5. The highest BCUT2D eigenvalue weighted by molar-refractivity contribution is 5.99. The van der Waals surface area contributed by atoms with Crippen LogP contribution in [0, 0.1) is 0 Å². The summed E-state index contributed by atoms with van der Waals surface area (Å²) < 4.78 is 5.95. The molecular formula is C18H17NO3. The molecule has 0 aliphatic carbocycles. The van der Waals surface area contributed by atoms with Crippen molar-refractivity contribution in [1.82, 2.24) is 5.32 Å². The van der Waals surface area contributed by atoms with Crippen LogP contribution in [0.1, 0.15) is 44.7 Å². The van der Waals surface area contributed by atoms with Crippen molar-refractivity contribution >= 4 is 12.2 Å². The Labute approximate surface area is 129 Å². The molecule has 1 unspecified atom stereocenters. The van der Waals surface area contributed by atoms with E-state index in [2.05, 4.69) is 5.32 Å². The molecule has 1 heterocycles. The van der Waals surface area contributed by atoms with Crippen molar-refractivity contribution < 1.29 is 14.3 Å². The Hall–Kier alpha value is -2.62. The Morgan fingerprint density at radius 2 is 1.95 bits per heavy atom. The summed E-state index contributed by atoms with van der Waals surface area (Å²) in [4.78, 5) is 23.3. The molecule has 3 rings (SSSR count). The van der Waals surface area contributed by atoms with E-state index in [4.69, 9.17) is 4.74 Å². The van der Waals surface area contributed by atoms with E-state index in [-0.39, 0.29) is 17.9 Å². The molecule has 0 saturated carbocycles. The standard InChI is InChI=1S/C18H17NO3/c1-11-16(13-6-4-3-5-7-13)14-8-12(10-20)9-15(17(14)22-11)18(21)19-2/h3-11,16H,1-2H3,(H,19,21)/t11-,16?/m0/s1. The molecule has 0 bridgehead atoms. The van der Waals surface area contributed by atoms with Gasteiger partial charge in [0.15, 0.2) is 0 Å². The number of carbonyl (C=O) groups is 2. The summed E-state index contributed by atoms with van der Waals surface area (Å²) in [5.74, 6) is 0.340. The second-order valence-electron chi connectivity index (χ2n) is 5.40. The molecule has 2 atom stereocenters. The van der Waals surface area contributed by atoms with Gasteiger partial charge in [0.1, 0.15) is 18.1 Å².